The van der Waals surface area contributed by atoms with Crippen LogP contribution < -0.4 is 15.6 Å². The number of amides is 1. The van der Waals surface area contributed by atoms with Gasteiger partial charge in [-0.2, -0.15) is 0 Å². The molecule has 3 aromatic rings. The van der Waals surface area contributed by atoms with Crippen LogP contribution in [0, 0.1) is 10.1 Å². The van der Waals surface area contributed by atoms with Crippen LogP contribution in [0.3, 0.4) is 0 Å². The number of anilines is 1. The smallest absolute Gasteiger partial charge is 0.273 e. The van der Waals surface area contributed by atoms with Crippen LogP contribution in [-0.4, -0.2) is 27.5 Å². The second kappa shape index (κ2) is 7.54. The van der Waals surface area contributed by atoms with Crippen molar-refractivity contribution in [2.24, 2.45) is 0 Å². The van der Waals surface area contributed by atoms with Gasteiger partial charge < -0.3 is 10.1 Å². The summed E-state index contributed by atoms with van der Waals surface area (Å²) in [5.74, 6) is -0.319. The number of fused-ring (bicyclic) bond motifs is 1. The zero-order valence-corrected chi connectivity index (χ0v) is 15.4. The number of hydrogen-bond donors (Lipinski definition) is 1. The molecule has 2 aromatic heterocycles. The molecule has 3 rings (SSSR count). The molecule has 0 bridgehead atoms. The lowest BCUT2D eigenvalue weighted by Crippen LogP contribution is -2.27. The molecule has 0 aliphatic heterocycles. The summed E-state index contributed by atoms with van der Waals surface area (Å²) in [7, 11) is 1.35. The maximum Gasteiger partial charge on any atom is 0.273 e. The van der Waals surface area contributed by atoms with Crippen LogP contribution in [-0.2, 0) is 17.8 Å². The molecule has 0 aliphatic carbocycles. The molecule has 0 saturated carbocycles. The summed E-state index contributed by atoms with van der Waals surface area (Å²) in [5.41, 5.74) is -0.166. The van der Waals surface area contributed by atoms with E-state index in [0.29, 0.717) is 10.2 Å². The Kier molecular flexibility index (Phi) is 5.17. The molecule has 0 radical (unpaired) electrons. The third kappa shape index (κ3) is 3.80. The van der Waals surface area contributed by atoms with Gasteiger partial charge in [-0.05, 0) is 18.6 Å². The summed E-state index contributed by atoms with van der Waals surface area (Å²) >= 11 is 1.45. The molecule has 0 fully saturated rings. The second-order valence-electron chi connectivity index (χ2n) is 5.65. The Labute approximate surface area is 157 Å². The van der Waals surface area contributed by atoms with E-state index in [1.54, 1.807) is 6.07 Å². The number of aryl methyl sites for hydroxylation is 1. The highest BCUT2D eigenvalue weighted by Crippen LogP contribution is 2.29. The molecule has 10 heteroatoms. The van der Waals surface area contributed by atoms with Crippen molar-refractivity contribution in [3.63, 3.8) is 0 Å². The summed E-state index contributed by atoms with van der Waals surface area (Å²) in [5, 5.41) is 13.9. The fourth-order valence-corrected chi connectivity index (χ4v) is 3.46. The average Bonchev–Trinajstić information content (AvgIpc) is 3.08. The average molecular weight is 388 g/mol. The number of nitrogens with zero attached hydrogens (tertiary/aromatic N) is 3. The van der Waals surface area contributed by atoms with E-state index in [-0.39, 0.29) is 29.2 Å². The molecule has 27 heavy (non-hydrogen) atoms. The Morgan fingerprint density at radius 1 is 1.41 bits per heavy atom. The molecule has 1 aromatic carbocycles. The van der Waals surface area contributed by atoms with Gasteiger partial charge in [-0.1, -0.05) is 6.92 Å². The first-order chi connectivity index (χ1) is 12.9. The molecule has 1 N–H and O–H groups in total. The minimum atomic E-state index is -0.556. The van der Waals surface area contributed by atoms with E-state index in [1.807, 2.05) is 6.92 Å². The Balaban J connectivity index is 1.82. The number of nitrogens with one attached hydrogen (secondary N) is 1. The zero-order chi connectivity index (χ0) is 19.6. The van der Waals surface area contributed by atoms with Crippen molar-refractivity contribution in [3.05, 3.63) is 55.9 Å². The lowest BCUT2D eigenvalue weighted by molar-refractivity contribution is -0.384. The van der Waals surface area contributed by atoms with Gasteiger partial charge in [0.25, 0.3) is 11.2 Å². The van der Waals surface area contributed by atoms with Gasteiger partial charge in [0.2, 0.25) is 5.91 Å². The second-order valence-corrected chi connectivity index (χ2v) is 6.77. The molecule has 0 aliphatic rings. The highest BCUT2D eigenvalue weighted by atomic mass is 32.1. The number of nitro benzene ring substituents is 1. The van der Waals surface area contributed by atoms with Crippen molar-refractivity contribution in [3.8, 4) is 5.75 Å². The van der Waals surface area contributed by atoms with E-state index < -0.39 is 10.8 Å². The van der Waals surface area contributed by atoms with Gasteiger partial charge in [-0.15, -0.1) is 11.3 Å². The first kappa shape index (κ1) is 18.5. The van der Waals surface area contributed by atoms with Gasteiger partial charge >= 0.3 is 0 Å². The SMILES string of the molecule is CCc1cc2c(=O)n(CC(=O)Nc3ccc([N+](=O)[O-])cc3OC)cnc2s1. The van der Waals surface area contributed by atoms with E-state index in [0.717, 1.165) is 11.3 Å². The van der Waals surface area contributed by atoms with Crippen LogP contribution in [0.15, 0.2) is 35.4 Å². The normalized spacial score (nSPS) is 10.7. The first-order valence-electron chi connectivity index (χ1n) is 8.03. The molecule has 0 atom stereocenters. The molecule has 2 heterocycles. The number of thiophene rings is 1. The zero-order valence-electron chi connectivity index (χ0n) is 14.6. The van der Waals surface area contributed by atoms with E-state index in [2.05, 4.69) is 10.3 Å². The summed E-state index contributed by atoms with van der Waals surface area (Å²) in [6, 6.07) is 5.65. The van der Waals surface area contributed by atoms with Crippen molar-refractivity contribution in [2.45, 2.75) is 19.9 Å². The summed E-state index contributed by atoms with van der Waals surface area (Å²) in [6.07, 6.45) is 2.15. The minimum absolute atomic E-state index is 0.153. The Morgan fingerprint density at radius 3 is 2.85 bits per heavy atom. The van der Waals surface area contributed by atoms with Crippen molar-refractivity contribution < 1.29 is 14.5 Å². The van der Waals surface area contributed by atoms with Crippen LogP contribution in [0.4, 0.5) is 11.4 Å². The van der Waals surface area contributed by atoms with Gasteiger partial charge in [-0.3, -0.25) is 24.3 Å². The van der Waals surface area contributed by atoms with Crippen LogP contribution in [0.5, 0.6) is 5.75 Å². The van der Waals surface area contributed by atoms with Gasteiger partial charge in [0, 0.05) is 10.9 Å². The number of carbonyl (C=O) groups is 1. The fourth-order valence-electron chi connectivity index (χ4n) is 2.54. The van der Waals surface area contributed by atoms with Gasteiger partial charge in [-0.25, -0.2) is 4.98 Å². The van der Waals surface area contributed by atoms with Crippen molar-refractivity contribution in [1.82, 2.24) is 9.55 Å². The number of non-ortho nitro benzene ring substituents is 1. The summed E-state index contributed by atoms with van der Waals surface area (Å²) in [6.45, 7) is 1.76. The van der Waals surface area contributed by atoms with E-state index in [4.69, 9.17) is 4.74 Å². The van der Waals surface area contributed by atoms with Crippen LogP contribution >= 0.6 is 11.3 Å². The van der Waals surface area contributed by atoms with Gasteiger partial charge in [0.1, 0.15) is 17.1 Å². The number of aromatic nitrogens is 2. The first-order valence-corrected chi connectivity index (χ1v) is 8.84. The fraction of sp³-hybridized carbons (Fsp3) is 0.235. The summed E-state index contributed by atoms with van der Waals surface area (Å²) in [4.78, 5) is 41.1. The Bertz CT molecular complexity index is 1090. The van der Waals surface area contributed by atoms with Crippen LogP contribution in [0.2, 0.25) is 0 Å². The summed E-state index contributed by atoms with van der Waals surface area (Å²) < 4.78 is 6.31. The van der Waals surface area contributed by atoms with Gasteiger partial charge in [0.15, 0.2) is 0 Å². The molecular weight excluding hydrogens is 372 g/mol. The lowest BCUT2D eigenvalue weighted by Gasteiger charge is -2.10. The van der Waals surface area contributed by atoms with Crippen LogP contribution in [0.25, 0.3) is 10.2 Å². The van der Waals surface area contributed by atoms with Crippen LogP contribution in [0.1, 0.15) is 11.8 Å². The maximum atomic E-state index is 12.5. The van der Waals surface area contributed by atoms with Gasteiger partial charge in [0.05, 0.1) is 35.5 Å². The van der Waals surface area contributed by atoms with E-state index >= 15 is 0 Å². The Hall–Kier alpha value is -3.27. The third-order valence-electron chi connectivity index (χ3n) is 3.90. The Morgan fingerprint density at radius 2 is 2.19 bits per heavy atom. The number of methoxy groups -OCH3 is 1. The minimum Gasteiger partial charge on any atom is -0.494 e. The number of ether oxygens (including phenoxy) is 1. The van der Waals surface area contributed by atoms with Crippen molar-refractivity contribution >= 4 is 38.8 Å². The third-order valence-corrected chi connectivity index (χ3v) is 5.09. The van der Waals surface area contributed by atoms with Crippen molar-refractivity contribution in [1.29, 1.82) is 0 Å². The predicted molar refractivity (Wildman–Crippen MR) is 102 cm³/mol. The number of carbonyl (C=O) groups excluding carboxylic acids is 1. The molecule has 1 amide bonds. The molecule has 0 spiro atoms. The highest BCUT2D eigenvalue weighted by Gasteiger charge is 2.15. The van der Waals surface area contributed by atoms with Crippen molar-refractivity contribution in [2.75, 3.05) is 12.4 Å². The number of hydrogen-bond acceptors (Lipinski definition) is 7. The van der Waals surface area contributed by atoms with E-state index in [9.17, 15) is 19.7 Å². The number of rotatable bonds is 6. The molecule has 140 valence electrons. The molecule has 9 nitrogen and oxygen atoms in total. The lowest BCUT2D eigenvalue weighted by atomic mass is 10.2. The topological polar surface area (TPSA) is 116 Å². The molecule has 0 unspecified atom stereocenters. The largest absolute Gasteiger partial charge is 0.494 e. The quantitative estimate of drug-likeness (QED) is 0.512. The maximum absolute atomic E-state index is 12.5. The number of benzene rings is 1. The van der Waals surface area contributed by atoms with E-state index in [1.165, 1.54) is 47.5 Å². The number of nitro groups is 1. The molecule has 0 saturated heterocycles. The highest BCUT2D eigenvalue weighted by molar-refractivity contribution is 7.18. The predicted octanol–water partition coefficient (Wildman–Crippen LogP) is 2.58. The molecular formula is C17H16N4O5S. The monoisotopic (exact) mass is 388 g/mol. The standard InChI is InChI=1S/C17H16N4O5S/c1-3-11-7-12-16(27-11)18-9-20(17(12)23)8-15(22)19-13-5-4-10(21(24)25)6-14(13)26-2/h4-7,9H,3,8H2,1-2H3,(H,19,22).